The highest BCUT2D eigenvalue weighted by molar-refractivity contribution is 7.14. The van der Waals surface area contributed by atoms with E-state index in [1.165, 1.54) is 36.1 Å². The molecule has 0 bridgehead atoms. The Labute approximate surface area is 143 Å². The molecular weight excluding hydrogens is 322 g/mol. The summed E-state index contributed by atoms with van der Waals surface area (Å²) in [4.78, 5) is 31.4. The Hall–Kier alpha value is -2.34. The lowest BCUT2D eigenvalue weighted by atomic mass is 10.00. The van der Waals surface area contributed by atoms with Crippen LogP contribution < -0.4 is 11.0 Å². The highest BCUT2D eigenvalue weighted by atomic mass is 32.1. The third-order valence-corrected chi connectivity index (χ3v) is 5.73. The third kappa shape index (κ3) is 3.01. The summed E-state index contributed by atoms with van der Waals surface area (Å²) in [7, 11) is 0. The number of thiophene rings is 1. The largest absolute Gasteiger partial charge is 0.323 e. The molecule has 1 aliphatic rings. The minimum atomic E-state index is -0.244. The van der Waals surface area contributed by atoms with Gasteiger partial charge in [-0.15, -0.1) is 11.3 Å². The van der Waals surface area contributed by atoms with E-state index in [2.05, 4.69) is 21.4 Å². The lowest BCUT2D eigenvalue weighted by Crippen LogP contribution is -2.10. The quantitative estimate of drug-likeness (QED) is 0.662. The van der Waals surface area contributed by atoms with Crippen molar-refractivity contribution >= 4 is 34.0 Å². The molecule has 6 heteroatoms. The molecule has 0 atom stereocenters. The van der Waals surface area contributed by atoms with Crippen LogP contribution in [0.4, 0.5) is 5.69 Å². The van der Waals surface area contributed by atoms with Crippen molar-refractivity contribution in [3.8, 4) is 0 Å². The Kier molecular flexibility index (Phi) is 3.98. The standard InChI is InChI=1S/C18H19N3O2S/c22-17(16-9-11-5-3-1-2-4-6-15(11)24-16)19-12-7-8-13-14(10-12)21-18(23)20-13/h7-10H,1-6H2,(H,19,22)(H2,20,21,23). The second-order valence-electron chi connectivity index (χ2n) is 6.27. The zero-order valence-electron chi connectivity index (χ0n) is 13.3. The maximum absolute atomic E-state index is 12.6. The number of rotatable bonds is 2. The molecule has 0 unspecified atom stereocenters. The summed E-state index contributed by atoms with van der Waals surface area (Å²) in [5, 5.41) is 2.94. The fourth-order valence-electron chi connectivity index (χ4n) is 3.26. The second kappa shape index (κ2) is 6.28. The van der Waals surface area contributed by atoms with E-state index in [0.717, 1.165) is 23.2 Å². The Morgan fingerprint density at radius 2 is 1.79 bits per heavy atom. The zero-order valence-corrected chi connectivity index (χ0v) is 14.1. The van der Waals surface area contributed by atoms with E-state index in [4.69, 9.17) is 0 Å². The highest BCUT2D eigenvalue weighted by Gasteiger charge is 2.16. The van der Waals surface area contributed by atoms with Crippen molar-refractivity contribution in [1.29, 1.82) is 0 Å². The van der Waals surface area contributed by atoms with E-state index in [1.807, 2.05) is 0 Å². The van der Waals surface area contributed by atoms with E-state index in [9.17, 15) is 9.59 Å². The van der Waals surface area contributed by atoms with Crippen LogP contribution in [0.3, 0.4) is 0 Å². The van der Waals surface area contributed by atoms with Crippen LogP contribution in [-0.4, -0.2) is 15.9 Å². The summed E-state index contributed by atoms with van der Waals surface area (Å²) in [5.74, 6) is -0.0796. The number of hydrogen-bond donors (Lipinski definition) is 3. The molecule has 3 N–H and O–H groups in total. The molecule has 1 aliphatic carbocycles. The molecule has 5 nitrogen and oxygen atoms in total. The number of carbonyl (C=O) groups excluding carboxylic acids is 1. The van der Waals surface area contributed by atoms with Crippen molar-refractivity contribution in [3.05, 3.63) is 50.1 Å². The summed E-state index contributed by atoms with van der Waals surface area (Å²) in [6.45, 7) is 0. The molecule has 1 aromatic carbocycles. The van der Waals surface area contributed by atoms with Gasteiger partial charge in [0.05, 0.1) is 15.9 Å². The molecule has 0 aliphatic heterocycles. The minimum Gasteiger partial charge on any atom is -0.321 e. The number of H-pyrrole nitrogens is 2. The fraction of sp³-hybridized carbons (Fsp3) is 0.333. The van der Waals surface area contributed by atoms with Gasteiger partial charge in [-0.25, -0.2) is 4.79 Å². The molecule has 0 radical (unpaired) electrons. The molecule has 3 aromatic rings. The Morgan fingerprint density at radius 1 is 1.00 bits per heavy atom. The van der Waals surface area contributed by atoms with Crippen LogP contribution >= 0.6 is 11.3 Å². The SMILES string of the molecule is O=C(Nc1ccc2[nH]c(=O)[nH]c2c1)c1cc2c(s1)CCCCCC2. The van der Waals surface area contributed by atoms with Gasteiger partial charge in [-0.2, -0.15) is 0 Å². The number of hydrogen-bond acceptors (Lipinski definition) is 3. The number of imidazole rings is 1. The van der Waals surface area contributed by atoms with Crippen LogP contribution in [0.2, 0.25) is 0 Å². The maximum Gasteiger partial charge on any atom is 0.323 e. The summed E-state index contributed by atoms with van der Waals surface area (Å²) >= 11 is 1.62. The zero-order chi connectivity index (χ0) is 16.5. The lowest BCUT2D eigenvalue weighted by Gasteiger charge is -2.07. The van der Waals surface area contributed by atoms with E-state index < -0.39 is 0 Å². The summed E-state index contributed by atoms with van der Waals surface area (Å²) in [6.07, 6.45) is 7.16. The predicted molar refractivity (Wildman–Crippen MR) is 97.1 cm³/mol. The number of aryl methyl sites for hydroxylation is 2. The highest BCUT2D eigenvalue weighted by Crippen LogP contribution is 2.29. The molecule has 0 saturated carbocycles. The Bertz CT molecular complexity index is 925. The summed E-state index contributed by atoms with van der Waals surface area (Å²) < 4.78 is 0. The number of carbonyl (C=O) groups is 1. The van der Waals surface area contributed by atoms with Crippen LogP contribution in [0.15, 0.2) is 29.1 Å². The number of aromatic nitrogens is 2. The molecule has 0 spiro atoms. The van der Waals surface area contributed by atoms with Gasteiger partial charge >= 0.3 is 5.69 Å². The first-order valence-electron chi connectivity index (χ1n) is 8.34. The first kappa shape index (κ1) is 15.2. The molecular formula is C18H19N3O2S. The van der Waals surface area contributed by atoms with Crippen LogP contribution in [0.1, 0.15) is 45.8 Å². The molecule has 2 heterocycles. The number of aromatic amines is 2. The number of anilines is 1. The maximum atomic E-state index is 12.6. The van der Waals surface area contributed by atoms with Crippen molar-refractivity contribution < 1.29 is 4.79 Å². The van der Waals surface area contributed by atoms with Crippen LogP contribution in [-0.2, 0) is 12.8 Å². The van der Waals surface area contributed by atoms with Crippen molar-refractivity contribution in [2.45, 2.75) is 38.5 Å². The van der Waals surface area contributed by atoms with Gasteiger partial charge in [0.25, 0.3) is 5.91 Å². The van der Waals surface area contributed by atoms with E-state index in [0.29, 0.717) is 11.2 Å². The van der Waals surface area contributed by atoms with Crippen molar-refractivity contribution in [1.82, 2.24) is 9.97 Å². The molecule has 0 fully saturated rings. The molecule has 0 saturated heterocycles. The number of nitrogens with one attached hydrogen (secondary N) is 3. The van der Waals surface area contributed by atoms with Gasteiger partial charge in [0.1, 0.15) is 0 Å². The predicted octanol–water partition coefficient (Wildman–Crippen LogP) is 3.83. The van der Waals surface area contributed by atoms with Crippen molar-refractivity contribution in [2.24, 2.45) is 0 Å². The van der Waals surface area contributed by atoms with Crippen molar-refractivity contribution in [2.75, 3.05) is 5.32 Å². The smallest absolute Gasteiger partial charge is 0.321 e. The van der Waals surface area contributed by atoms with Gasteiger partial charge in [0, 0.05) is 10.6 Å². The van der Waals surface area contributed by atoms with Gasteiger partial charge in [-0.1, -0.05) is 12.8 Å². The molecule has 24 heavy (non-hydrogen) atoms. The normalized spacial score (nSPS) is 14.8. The molecule has 2 aromatic heterocycles. The molecule has 1 amide bonds. The number of benzene rings is 1. The summed E-state index contributed by atoms with van der Waals surface area (Å²) in [6, 6.07) is 7.41. The third-order valence-electron chi connectivity index (χ3n) is 4.49. The second-order valence-corrected chi connectivity index (χ2v) is 7.40. The first-order valence-corrected chi connectivity index (χ1v) is 9.16. The minimum absolute atomic E-state index is 0.0796. The van der Waals surface area contributed by atoms with Gasteiger partial charge in [0.15, 0.2) is 0 Å². The lowest BCUT2D eigenvalue weighted by molar-refractivity contribution is 0.103. The molecule has 124 valence electrons. The fourth-order valence-corrected chi connectivity index (χ4v) is 4.41. The topological polar surface area (TPSA) is 77.8 Å². The monoisotopic (exact) mass is 341 g/mol. The van der Waals surface area contributed by atoms with Crippen molar-refractivity contribution in [3.63, 3.8) is 0 Å². The van der Waals surface area contributed by atoms with E-state index in [-0.39, 0.29) is 11.6 Å². The molecule has 4 rings (SSSR count). The van der Waals surface area contributed by atoms with Gasteiger partial charge < -0.3 is 15.3 Å². The van der Waals surface area contributed by atoms with E-state index >= 15 is 0 Å². The van der Waals surface area contributed by atoms with Crippen LogP contribution in [0, 0.1) is 0 Å². The van der Waals surface area contributed by atoms with Crippen LogP contribution in [0.5, 0.6) is 0 Å². The first-order chi connectivity index (χ1) is 11.7. The van der Waals surface area contributed by atoms with Crippen LogP contribution in [0.25, 0.3) is 11.0 Å². The Morgan fingerprint density at radius 3 is 2.67 bits per heavy atom. The number of fused-ring (bicyclic) bond motifs is 2. The number of amides is 1. The van der Waals surface area contributed by atoms with Gasteiger partial charge in [0.2, 0.25) is 0 Å². The Balaban J connectivity index is 1.56. The summed E-state index contributed by atoms with van der Waals surface area (Å²) in [5.41, 5.74) is 3.21. The van der Waals surface area contributed by atoms with E-state index in [1.54, 1.807) is 29.5 Å². The van der Waals surface area contributed by atoms with Gasteiger partial charge in [-0.05, 0) is 55.5 Å². The van der Waals surface area contributed by atoms with Gasteiger partial charge in [-0.3, -0.25) is 4.79 Å². The average Bonchev–Trinajstić information content (AvgIpc) is 3.09. The average molecular weight is 341 g/mol.